The number of hydrogen-bond acceptors (Lipinski definition) is 2. The van der Waals surface area contributed by atoms with E-state index in [4.69, 9.17) is 5.73 Å². The van der Waals surface area contributed by atoms with Crippen molar-refractivity contribution in [3.8, 4) is 0 Å². The van der Waals surface area contributed by atoms with E-state index in [9.17, 15) is 4.79 Å². The number of nitrogens with two attached hydrogens (primary N) is 1. The number of nitrogen functional groups attached to an aromatic ring is 1. The molecule has 0 aromatic heterocycles. The Kier molecular flexibility index (Phi) is 3.98. The summed E-state index contributed by atoms with van der Waals surface area (Å²) in [6.45, 7) is 7.04. The van der Waals surface area contributed by atoms with Gasteiger partial charge in [-0.1, -0.05) is 45.0 Å². The summed E-state index contributed by atoms with van der Waals surface area (Å²) >= 11 is 0. The molecule has 2 aromatic carbocycles. The Labute approximate surface area is 120 Å². The summed E-state index contributed by atoms with van der Waals surface area (Å²) in [5.74, 6) is -0.102. The highest BCUT2D eigenvalue weighted by atomic mass is 16.1. The molecule has 3 heteroatoms. The quantitative estimate of drug-likeness (QED) is 0.834. The van der Waals surface area contributed by atoms with E-state index in [2.05, 4.69) is 26.1 Å². The van der Waals surface area contributed by atoms with Crippen LogP contribution in [-0.4, -0.2) is 12.5 Å². The molecule has 0 aliphatic carbocycles. The van der Waals surface area contributed by atoms with Crippen molar-refractivity contribution in [2.24, 2.45) is 5.41 Å². The number of benzene rings is 2. The number of nitrogens with one attached hydrogen (secondary N) is 1. The van der Waals surface area contributed by atoms with Gasteiger partial charge in [0.25, 0.3) is 5.91 Å². The Morgan fingerprint density at radius 1 is 1.20 bits per heavy atom. The summed E-state index contributed by atoms with van der Waals surface area (Å²) in [5.41, 5.74) is 7.17. The number of carbonyl (C=O) groups is 1. The van der Waals surface area contributed by atoms with E-state index in [1.54, 1.807) is 0 Å². The number of carbonyl (C=O) groups excluding carboxylic acids is 1. The van der Waals surface area contributed by atoms with Gasteiger partial charge in [0.15, 0.2) is 0 Å². The van der Waals surface area contributed by atoms with Crippen LogP contribution in [0.25, 0.3) is 10.8 Å². The van der Waals surface area contributed by atoms with Crippen molar-refractivity contribution in [2.45, 2.75) is 27.2 Å². The van der Waals surface area contributed by atoms with Crippen LogP contribution in [0.2, 0.25) is 0 Å². The number of fused-ring (bicyclic) bond motifs is 1. The van der Waals surface area contributed by atoms with Crippen LogP contribution in [-0.2, 0) is 0 Å². The first-order chi connectivity index (χ1) is 9.43. The maximum Gasteiger partial charge on any atom is 0.253 e. The topological polar surface area (TPSA) is 55.1 Å². The monoisotopic (exact) mass is 270 g/mol. The molecule has 0 bridgehead atoms. The summed E-state index contributed by atoms with van der Waals surface area (Å²) in [5, 5.41) is 5.06. The van der Waals surface area contributed by atoms with E-state index in [1.165, 1.54) is 0 Å². The minimum Gasteiger partial charge on any atom is -0.398 e. The smallest absolute Gasteiger partial charge is 0.253 e. The summed E-state index contributed by atoms with van der Waals surface area (Å²) < 4.78 is 0. The highest BCUT2D eigenvalue weighted by Gasteiger charge is 2.18. The highest BCUT2D eigenvalue weighted by molar-refractivity contribution is 6.03. The van der Waals surface area contributed by atoms with Gasteiger partial charge in [-0.3, -0.25) is 4.79 Å². The van der Waals surface area contributed by atoms with Crippen LogP contribution in [0.3, 0.4) is 0 Å². The van der Waals surface area contributed by atoms with E-state index < -0.39 is 0 Å². The van der Waals surface area contributed by atoms with E-state index in [-0.39, 0.29) is 11.3 Å². The molecule has 0 aliphatic heterocycles. The average Bonchev–Trinajstić information content (AvgIpc) is 2.44. The van der Waals surface area contributed by atoms with Gasteiger partial charge < -0.3 is 11.1 Å². The number of anilines is 1. The molecule has 20 heavy (non-hydrogen) atoms. The zero-order chi connectivity index (χ0) is 14.8. The predicted octanol–water partition coefficient (Wildman–Crippen LogP) is 3.59. The first-order valence-corrected chi connectivity index (χ1v) is 6.99. The molecule has 0 radical (unpaired) electrons. The molecular formula is C17H22N2O. The zero-order valence-electron chi connectivity index (χ0n) is 12.4. The van der Waals surface area contributed by atoms with Gasteiger partial charge in [0.1, 0.15) is 0 Å². The molecule has 0 unspecified atom stereocenters. The molecule has 3 nitrogen and oxygen atoms in total. The molecule has 1 amide bonds. The van der Waals surface area contributed by atoms with Gasteiger partial charge in [-0.05, 0) is 34.7 Å². The molecule has 0 heterocycles. The van der Waals surface area contributed by atoms with E-state index in [0.717, 1.165) is 17.2 Å². The van der Waals surface area contributed by atoms with Crippen molar-refractivity contribution >= 4 is 22.4 Å². The van der Waals surface area contributed by atoms with Gasteiger partial charge in [-0.2, -0.15) is 0 Å². The van der Waals surface area contributed by atoms with Crippen LogP contribution in [0, 0.1) is 5.41 Å². The predicted molar refractivity (Wildman–Crippen MR) is 84.8 cm³/mol. The zero-order valence-corrected chi connectivity index (χ0v) is 12.4. The number of rotatable bonds is 4. The maximum absolute atomic E-state index is 12.3. The minimum atomic E-state index is -0.102. The molecular weight excluding hydrogens is 248 g/mol. The Morgan fingerprint density at radius 3 is 2.40 bits per heavy atom. The highest BCUT2D eigenvalue weighted by Crippen LogP contribution is 2.23. The molecule has 0 atom stereocenters. The second-order valence-corrected chi connectivity index (χ2v) is 5.99. The van der Waals surface area contributed by atoms with Gasteiger partial charge in [-0.15, -0.1) is 0 Å². The van der Waals surface area contributed by atoms with Crippen LogP contribution in [0.4, 0.5) is 5.69 Å². The molecule has 0 spiro atoms. The van der Waals surface area contributed by atoms with Crippen LogP contribution in [0.5, 0.6) is 0 Å². The van der Waals surface area contributed by atoms with Gasteiger partial charge in [0.05, 0.1) is 5.56 Å². The average molecular weight is 270 g/mol. The first-order valence-electron chi connectivity index (χ1n) is 6.99. The van der Waals surface area contributed by atoms with Crippen molar-refractivity contribution in [3.63, 3.8) is 0 Å². The third-order valence-electron chi connectivity index (χ3n) is 3.85. The van der Waals surface area contributed by atoms with Crippen LogP contribution >= 0.6 is 0 Å². The summed E-state index contributed by atoms with van der Waals surface area (Å²) in [6.07, 6.45) is 1.01. The lowest BCUT2D eigenvalue weighted by Gasteiger charge is -2.23. The maximum atomic E-state index is 12.3. The largest absolute Gasteiger partial charge is 0.398 e. The Morgan fingerprint density at radius 2 is 1.80 bits per heavy atom. The minimum absolute atomic E-state index is 0.0985. The Bertz CT molecular complexity index is 632. The third kappa shape index (κ3) is 3.10. The normalized spacial score (nSPS) is 11.6. The Balaban J connectivity index is 2.24. The van der Waals surface area contributed by atoms with Crippen LogP contribution in [0.1, 0.15) is 37.6 Å². The van der Waals surface area contributed by atoms with Crippen molar-refractivity contribution in [2.75, 3.05) is 12.3 Å². The van der Waals surface area contributed by atoms with E-state index in [1.807, 2.05) is 36.4 Å². The molecule has 0 saturated carbocycles. The van der Waals surface area contributed by atoms with Crippen molar-refractivity contribution in [1.82, 2.24) is 5.32 Å². The molecule has 2 rings (SSSR count). The second kappa shape index (κ2) is 5.53. The van der Waals surface area contributed by atoms with Gasteiger partial charge >= 0.3 is 0 Å². The number of amides is 1. The molecule has 0 saturated heterocycles. The van der Waals surface area contributed by atoms with Crippen molar-refractivity contribution in [1.29, 1.82) is 0 Å². The van der Waals surface area contributed by atoms with E-state index in [0.29, 0.717) is 17.8 Å². The van der Waals surface area contributed by atoms with E-state index >= 15 is 0 Å². The third-order valence-corrected chi connectivity index (χ3v) is 3.85. The fraction of sp³-hybridized carbons (Fsp3) is 0.353. The van der Waals surface area contributed by atoms with Gasteiger partial charge in [-0.25, -0.2) is 0 Å². The van der Waals surface area contributed by atoms with Crippen LogP contribution in [0.15, 0.2) is 36.4 Å². The molecule has 2 aromatic rings. The molecule has 106 valence electrons. The molecule has 3 N–H and O–H groups in total. The lowest BCUT2D eigenvalue weighted by molar-refractivity contribution is 0.0937. The van der Waals surface area contributed by atoms with Crippen molar-refractivity contribution in [3.05, 3.63) is 42.0 Å². The summed E-state index contributed by atoms with van der Waals surface area (Å²) in [4.78, 5) is 12.3. The lowest BCUT2D eigenvalue weighted by Crippen LogP contribution is -2.33. The number of hydrogen-bond donors (Lipinski definition) is 2. The summed E-state index contributed by atoms with van der Waals surface area (Å²) in [6, 6.07) is 11.6. The fourth-order valence-corrected chi connectivity index (χ4v) is 1.99. The fourth-order valence-electron chi connectivity index (χ4n) is 1.99. The first kappa shape index (κ1) is 14.4. The Hall–Kier alpha value is -2.03. The van der Waals surface area contributed by atoms with Gasteiger partial charge in [0, 0.05) is 12.2 Å². The van der Waals surface area contributed by atoms with Crippen molar-refractivity contribution < 1.29 is 4.79 Å². The molecule has 0 aliphatic rings. The SMILES string of the molecule is CCC(C)(C)CNC(=O)c1cc2ccccc2cc1N. The second-order valence-electron chi connectivity index (χ2n) is 5.99. The van der Waals surface area contributed by atoms with Crippen LogP contribution < -0.4 is 11.1 Å². The standard InChI is InChI=1S/C17H22N2O/c1-4-17(2,3)11-19-16(20)14-9-12-7-5-6-8-13(12)10-15(14)18/h5-10H,4,11,18H2,1-3H3,(H,19,20). The lowest BCUT2D eigenvalue weighted by atomic mass is 9.90. The van der Waals surface area contributed by atoms with Gasteiger partial charge in [0.2, 0.25) is 0 Å². The summed E-state index contributed by atoms with van der Waals surface area (Å²) in [7, 11) is 0. The molecule has 0 fully saturated rings.